The van der Waals surface area contributed by atoms with E-state index < -0.39 is 6.16 Å². The van der Waals surface area contributed by atoms with Crippen molar-refractivity contribution in [2.24, 2.45) is 0 Å². The van der Waals surface area contributed by atoms with Gasteiger partial charge in [0, 0.05) is 0 Å². The molecule has 0 unspecified atom stereocenters. The smallest absolute Gasteiger partial charge is 0.434 e. The summed E-state index contributed by atoms with van der Waals surface area (Å²) >= 11 is 11.1. The van der Waals surface area contributed by atoms with Crippen LogP contribution in [0.4, 0.5) is 4.79 Å². The van der Waals surface area contributed by atoms with Crippen molar-refractivity contribution in [3.63, 3.8) is 0 Å². The highest BCUT2D eigenvalue weighted by atomic mass is 35.5. The quantitative estimate of drug-likeness (QED) is 0.738. The zero-order valence-electron chi connectivity index (χ0n) is 7.16. The molecule has 0 aliphatic carbocycles. The van der Waals surface area contributed by atoms with Crippen LogP contribution in [0, 0.1) is 0 Å². The molecule has 0 saturated carbocycles. The van der Waals surface area contributed by atoms with Gasteiger partial charge in [0.2, 0.25) is 0 Å². The molecule has 1 aromatic rings. The lowest BCUT2D eigenvalue weighted by Crippen LogP contribution is -2.11. The van der Waals surface area contributed by atoms with E-state index >= 15 is 0 Å². The van der Waals surface area contributed by atoms with Crippen LogP contribution in [0.3, 0.4) is 0 Å². The number of rotatable bonds is 2. The number of ether oxygens (including phenoxy) is 2. The number of nitrogens with zero attached hydrogens (tertiary/aromatic N) is 2. The maximum Gasteiger partial charge on any atom is 0.515 e. The Labute approximate surface area is 90.0 Å². The van der Waals surface area contributed by atoms with E-state index in [1.807, 2.05) is 0 Å². The molecule has 1 rings (SSSR count). The highest BCUT2D eigenvalue weighted by molar-refractivity contribution is 6.33. The van der Waals surface area contributed by atoms with Crippen molar-refractivity contribution in [1.82, 2.24) is 9.97 Å². The van der Waals surface area contributed by atoms with Crippen LogP contribution in [0.25, 0.3) is 0 Å². The highest BCUT2D eigenvalue weighted by Gasteiger charge is 2.11. The Hall–Kier alpha value is -1.07. The van der Waals surface area contributed by atoms with E-state index in [1.54, 1.807) is 6.92 Å². The van der Waals surface area contributed by atoms with Crippen molar-refractivity contribution >= 4 is 29.4 Å². The summed E-state index contributed by atoms with van der Waals surface area (Å²) < 4.78 is 9.13. The van der Waals surface area contributed by atoms with Gasteiger partial charge >= 0.3 is 6.16 Å². The number of hydrogen-bond donors (Lipinski definition) is 0. The first-order valence-corrected chi connectivity index (χ1v) is 4.41. The lowest BCUT2D eigenvalue weighted by molar-refractivity contribution is 0.102. The van der Waals surface area contributed by atoms with Crippen LogP contribution in [-0.4, -0.2) is 22.7 Å². The third-order valence-electron chi connectivity index (χ3n) is 1.11. The van der Waals surface area contributed by atoms with Crippen molar-refractivity contribution in [3.8, 4) is 5.88 Å². The molecule has 1 heterocycles. The maximum atomic E-state index is 10.8. The van der Waals surface area contributed by atoms with Crippen molar-refractivity contribution in [1.29, 1.82) is 0 Å². The molecule has 0 N–H and O–H groups in total. The Bertz CT molecular complexity index is 346. The van der Waals surface area contributed by atoms with Crippen molar-refractivity contribution in [2.75, 3.05) is 6.61 Å². The van der Waals surface area contributed by atoms with Gasteiger partial charge in [-0.1, -0.05) is 23.2 Å². The summed E-state index contributed by atoms with van der Waals surface area (Å²) in [6, 6.07) is 0. The molecule has 0 saturated heterocycles. The van der Waals surface area contributed by atoms with Gasteiger partial charge in [-0.25, -0.2) is 14.8 Å². The monoisotopic (exact) mass is 236 g/mol. The van der Waals surface area contributed by atoms with E-state index in [9.17, 15) is 4.79 Å². The van der Waals surface area contributed by atoms with Crippen molar-refractivity contribution < 1.29 is 14.3 Å². The van der Waals surface area contributed by atoms with E-state index in [0.717, 1.165) is 0 Å². The summed E-state index contributed by atoms with van der Waals surface area (Å²) in [6.45, 7) is 1.86. The molecule has 0 aliphatic heterocycles. The molecule has 0 radical (unpaired) electrons. The molecule has 14 heavy (non-hydrogen) atoms. The fourth-order valence-electron chi connectivity index (χ4n) is 0.630. The van der Waals surface area contributed by atoms with Crippen LogP contribution in [0.1, 0.15) is 6.92 Å². The molecule has 5 nitrogen and oxygen atoms in total. The Balaban J connectivity index is 2.72. The molecule has 76 valence electrons. The lowest BCUT2D eigenvalue weighted by atomic mass is 10.7. The van der Waals surface area contributed by atoms with Crippen molar-refractivity contribution in [2.45, 2.75) is 6.92 Å². The zero-order chi connectivity index (χ0) is 10.6. The maximum absolute atomic E-state index is 10.8. The van der Waals surface area contributed by atoms with Gasteiger partial charge in [-0.2, -0.15) is 0 Å². The second kappa shape index (κ2) is 4.97. The Morgan fingerprint density at radius 3 is 2.86 bits per heavy atom. The minimum Gasteiger partial charge on any atom is -0.434 e. The Kier molecular flexibility index (Phi) is 3.91. The number of hydrogen-bond acceptors (Lipinski definition) is 5. The van der Waals surface area contributed by atoms with Gasteiger partial charge in [0.15, 0.2) is 5.15 Å². The minimum absolute atomic E-state index is 0.0921. The lowest BCUT2D eigenvalue weighted by Gasteiger charge is -2.03. The van der Waals surface area contributed by atoms with E-state index in [1.165, 1.54) is 6.20 Å². The topological polar surface area (TPSA) is 61.3 Å². The number of carbonyl (C=O) groups is 1. The molecule has 0 amide bonds. The predicted molar refractivity (Wildman–Crippen MR) is 49.7 cm³/mol. The van der Waals surface area contributed by atoms with E-state index in [-0.39, 0.29) is 22.8 Å². The van der Waals surface area contributed by atoms with Crippen LogP contribution in [0.2, 0.25) is 10.3 Å². The largest absolute Gasteiger partial charge is 0.515 e. The van der Waals surface area contributed by atoms with E-state index in [4.69, 9.17) is 23.2 Å². The van der Waals surface area contributed by atoms with Crippen LogP contribution >= 0.6 is 23.2 Å². The Morgan fingerprint density at radius 1 is 1.57 bits per heavy atom. The normalized spacial score (nSPS) is 9.64. The first-order valence-electron chi connectivity index (χ1n) is 3.66. The molecule has 7 heteroatoms. The standard InChI is InChI=1S/C7H6Cl2N2O3/c1-2-13-7(12)14-6-5(9)11-4(8)3-10-6/h3H,2H2,1H3. The van der Waals surface area contributed by atoms with Crippen LogP contribution in [0.5, 0.6) is 5.88 Å². The van der Waals surface area contributed by atoms with Gasteiger partial charge in [-0.3, -0.25) is 0 Å². The van der Waals surface area contributed by atoms with Gasteiger partial charge in [0.05, 0.1) is 12.8 Å². The molecule has 0 spiro atoms. The van der Waals surface area contributed by atoms with E-state index in [0.29, 0.717) is 0 Å². The number of aromatic nitrogens is 2. The second-order valence-corrected chi connectivity index (χ2v) is 2.82. The first kappa shape index (κ1) is 11.0. The Morgan fingerprint density at radius 2 is 2.29 bits per heavy atom. The number of carbonyl (C=O) groups excluding carboxylic acids is 1. The average molecular weight is 237 g/mol. The summed E-state index contributed by atoms with van der Waals surface area (Å²) in [5.74, 6) is -0.130. The third-order valence-corrected chi connectivity index (χ3v) is 1.54. The predicted octanol–water partition coefficient (Wildman–Crippen LogP) is 2.32. The molecule has 0 bridgehead atoms. The second-order valence-electron chi connectivity index (χ2n) is 2.07. The summed E-state index contributed by atoms with van der Waals surface area (Å²) in [5.41, 5.74) is 0. The van der Waals surface area contributed by atoms with Crippen LogP contribution < -0.4 is 4.74 Å². The summed E-state index contributed by atoms with van der Waals surface area (Å²) in [7, 11) is 0. The molecular weight excluding hydrogens is 231 g/mol. The minimum atomic E-state index is -0.883. The zero-order valence-corrected chi connectivity index (χ0v) is 8.67. The van der Waals surface area contributed by atoms with Crippen molar-refractivity contribution in [3.05, 3.63) is 16.5 Å². The molecule has 0 aromatic carbocycles. The molecular formula is C7H6Cl2N2O3. The van der Waals surface area contributed by atoms with Gasteiger partial charge < -0.3 is 9.47 Å². The van der Waals surface area contributed by atoms with Gasteiger partial charge in [0.25, 0.3) is 5.88 Å². The van der Waals surface area contributed by atoms with Crippen LogP contribution in [-0.2, 0) is 4.74 Å². The fraction of sp³-hybridized carbons (Fsp3) is 0.286. The average Bonchev–Trinajstić information content (AvgIpc) is 2.10. The summed E-state index contributed by atoms with van der Waals surface area (Å²) in [6.07, 6.45) is 0.327. The van der Waals surface area contributed by atoms with Gasteiger partial charge in [-0.05, 0) is 6.92 Å². The summed E-state index contributed by atoms with van der Waals surface area (Å²) in [5, 5.41) is 0.0248. The van der Waals surface area contributed by atoms with E-state index in [2.05, 4.69) is 19.4 Å². The third kappa shape index (κ3) is 3.01. The van der Waals surface area contributed by atoms with Crippen LogP contribution in [0.15, 0.2) is 6.20 Å². The molecule has 0 atom stereocenters. The SMILES string of the molecule is CCOC(=O)Oc1ncc(Cl)nc1Cl. The molecule has 0 fully saturated rings. The fourth-order valence-corrected chi connectivity index (χ4v) is 0.985. The van der Waals surface area contributed by atoms with Gasteiger partial charge in [-0.15, -0.1) is 0 Å². The number of halogens is 2. The molecule has 1 aromatic heterocycles. The summed E-state index contributed by atoms with van der Waals surface area (Å²) in [4.78, 5) is 18.1. The first-order chi connectivity index (χ1) is 6.63. The highest BCUT2D eigenvalue weighted by Crippen LogP contribution is 2.20. The molecule has 0 aliphatic rings. The van der Waals surface area contributed by atoms with Gasteiger partial charge in [0.1, 0.15) is 5.15 Å².